The fraction of sp³-hybridized carbons (Fsp3) is 0.524. The molecule has 1 saturated heterocycles. The van der Waals surface area contributed by atoms with Gasteiger partial charge < -0.3 is 10.2 Å². The maximum atomic E-state index is 12.6. The van der Waals surface area contributed by atoms with Crippen molar-refractivity contribution >= 4 is 34.0 Å². The van der Waals surface area contributed by atoms with Gasteiger partial charge in [0.05, 0.1) is 0 Å². The Morgan fingerprint density at radius 2 is 1.82 bits per heavy atom. The normalized spacial score (nSPS) is 20.6. The number of benzene rings is 1. The van der Waals surface area contributed by atoms with Crippen LogP contribution in [0.4, 0.5) is 10.8 Å². The van der Waals surface area contributed by atoms with Gasteiger partial charge in [0.25, 0.3) is 0 Å². The van der Waals surface area contributed by atoms with Crippen LogP contribution in [0.5, 0.6) is 0 Å². The van der Waals surface area contributed by atoms with Gasteiger partial charge in [-0.25, -0.2) is 0 Å². The zero-order chi connectivity index (χ0) is 19.7. The van der Waals surface area contributed by atoms with Crippen LogP contribution < -0.4 is 10.2 Å². The standard InChI is InChI=1S/C21H26N4O2S/c1-13-8-14(2)10-17(9-13)25-12-16(11-18(25)26)20-23-24-21(28-20)22-19(27)15-6-4-3-5-7-15/h8-10,15-16H,3-7,11-12H2,1-2H3,(H,22,24,27). The van der Waals surface area contributed by atoms with Crippen LogP contribution in [-0.4, -0.2) is 28.6 Å². The Balaban J connectivity index is 1.43. The van der Waals surface area contributed by atoms with Gasteiger partial charge in [0.2, 0.25) is 16.9 Å². The number of anilines is 2. The monoisotopic (exact) mass is 398 g/mol. The summed E-state index contributed by atoms with van der Waals surface area (Å²) in [4.78, 5) is 26.8. The SMILES string of the molecule is Cc1cc(C)cc(N2CC(c3nnc(NC(=O)C4CCCCC4)s3)CC2=O)c1. The molecule has 2 fully saturated rings. The molecule has 2 heterocycles. The molecule has 1 aliphatic heterocycles. The number of nitrogens with zero attached hydrogens (tertiary/aromatic N) is 3. The first kappa shape index (κ1) is 19.1. The van der Waals surface area contributed by atoms with Crippen LogP contribution in [0.1, 0.15) is 60.6 Å². The molecule has 2 aliphatic rings. The molecule has 2 aromatic rings. The predicted molar refractivity (Wildman–Crippen MR) is 111 cm³/mol. The summed E-state index contributed by atoms with van der Waals surface area (Å²) in [5.41, 5.74) is 3.24. The van der Waals surface area contributed by atoms with E-state index in [-0.39, 0.29) is 23.7 Å². The summed E-state index contributed by atoms with van der Waals surface area (Å²) >= 11 is 1.39. The second-order valence-corrected chi connectivity index (χ2v) is 9.03. The Morgan fingerprint density at radius 1 is 1.11 bits per heavy atom. The predicted octanol–water partition coefficient (Wildman–Crippen LogP) is 4.19. The van der Waals surface area contributed by atoms with Crippen LogP contribution in [-0.2, 0) is 9.59 Å². The summed E-state index contributed by atoms with van der Waals surface area (Å²) in [5, 5.41) is 12.7. The van der Waals surface area contributed by atoms with Crippen molar-refractivity contribution in [2.45, 2.75) is 58.3 Å². The zero-order valence-corrected chi connectivity index (χ0v) is 17.2. The molecule has 1 atom stereocenters. The number of nitrogens with one attached hydrogen (secondary N) is 1. The number of hydrogen-bond acceptors (Lipinski definition) is 5. The van der Waals surface area contributed by atoms with E-state index in [1.807, 2.05) is 30.9 Å². The maximum Gasteiger partial charge on any atom is 0.229 e. The highest BCUT2D eigenvalue weighted by Crippen LogP contribution is 2.35. The van der Waals surface area contributed by atoms with Crippen molar-refractivity contribution in [2.24, 2.45) is 5.92 Å². The minimum atomic E-state index is 0.0196. The summed E-state index contributed by atoms with van der Waals surface area (Å²) in [7, 11) is 0. The molecule has 0 radical (unpaired) electrons. The van der Waals surface area contributed by atoms with Crippen LogP contribution in [0.3, 0.4) is 0 Å². The molecule has 1 unspecified atom stereocenters. The van der Waals surface area contributed by atoms with Crippen LogP contribution in [0.2, 0.25) is 0 Å². The molecule has 1 aromatic heterocycles. The van der Waals surface area contributed by atoms with Gasteiger partial charge in [0, 0.05) is 30.5 Å². The maximum absolute atomic E-state index is 12.6. The molecule has 148 valence electrons. The van der Waals surface area contributed by atoms with Crippen molar-refractivity contribution < 1.29 is 9.59 Å². The summed E-state index contributed by atoms with van der Waals surface area (Å²) in [6.07, 6.45) is 5.81. The zero-order valence-electron chi connectivity index (χ0n) is 16.4. The number of amides is 2. The molecule has 4 rings (SSSR count). The lowest BCUT2D eigenvalue weighted by molar-refractivity contribution is -0.120. The fourth-order valence-corrected chi connectivity index (χ4v) is 5.09. The molecule has 1 aliphatic carbocycles. The van der Waals surface area contributed by atoms with Gasteiger partial charge >= 0.3 is 0 Å². The highest BCUT2D eigenvalue weighted by Gasteiger charge is 2.34. The lowest BCUT2D eigenvalue weighted by atomic mass is 9.89. The highest BCUT2D eigenvalue weighted by atomic mass is 32.1. The van der Waals surface area contributed by atoms with Crippen molar-refractivity contribution in [1.29, 1.82) is 0 Å². The molecule has 1 aromatic carbocycles. The lowest BCUT2D eigenvalue weighted by Crippen LogP contribution is -2.24. The molecule has 2 amide bonds. The lowest BCUT2D eigenvalue weighted by Gasteiger charge is -2.19. The van der Waals surface area contributed by atoms with Gasteiger partial charge in [-0.15, -0.1) is 10.2 Å². The van der Waals surface area contributed by atoms with E-state index in [4.69, 9.17) is 0 Å². The average molecular weight is 399 g/mol. The Bertz CT molecular complexity index is 868. The molecule has 28 heavy (non-hydrogen) atoms. The van der Waals surface area contributed by atoms with E-state index in [0.717, 1.165) is 47.5 Å². The molecule has 0 bridgehead atoms. The third kappa shape index (κ3) is 4.09. The van der Waals surface area contributed by atoms with Crippen LogP contribution in [0.15, 0.2) is 18.2 Å². The van der Waals surface area contributed by atoms with Gasteiger partial charge in [-0.05, 0) is 49.9 Å². The Labute approximate surface area is 169 Å². The van der Waals surface area contributed by atoms with E-state index in [9.17, 15) is 9.59 Å². The van der Waals surface area contributed by atoms with Crippen LogP contribution in [0, 0.1) is 19.8 Å². The molecular formula is C21H26N4O2S. The van der Waals surface area contributed by atoms with Crippen molar-refractivity contribution in [3.63, 3.8) is 0 Å². The first-order valence-corrected chi connectivity index (χ1v) is 10.8. The first-order chi connectivity index (χ1) is 13.5. The smallest absolute Gasteiger partial charge is 0.229 e. The quantitative estimate of drug-likeness (QED) is 0.838. The van der Waals surface area contributed by atoms with Gasteiger partial charge in [-0.2, -0.15) is 0 Å². The molecule has 6 nitrogen and oxygen atoms in total. The number of hydrogen-bond donors (Lipinski definition) is 1. The van der Waals surface area contributed by atoms with E-state index in [1.165, 1.54) is 17.8 Å². The number of aromatic nitrogens is 2. The molecule has 0 spiro atoms. The Hall–Kier alpha value is -2.28. The summed E-state index contributed by atoms with van der Waals surface area (Å²) in [6, 6.07) is 6.19. The molecular weight excluding hydrogens is 372 g/mol. The first-order valence-electron chi connectivity index (χ1n) is 10.0. The van der Waals surface area contributed by atoms with E-state index in [0.29, 0.717) is 18.1 Å². The Morgan fingerprint density at radius 3 is 2.54 bits per heavy atom. The van der Waals surface area contributed by atoms with Gasteiger partial charge in [0.1, 0.15) is 5.01 Å². The average Bonchev–Trinajstić information content (AvgIpc) is 3.28. The summed E-state index contributed by atoms with van der Waals surface area (Å²) < 4.78 is 0. The third-order valence-corrected chi connectivity index (χ3v) is 6.64. The van der Waals surface area contributed by atoms with Crippen LogP contribution >= 0.6 is 11.3 Å². The van der Waals surface area contributed by atoms with Crippen LogP contribution in [0.25, 0.3) is 0 Å². The van der Waals surface area contributed by atoms with Gasteiger partial charge in [-0.3, -0.25) is 9.59 Å². The van der Waals surface area contributed by atoms with Crippen molar-refractivity contribution in [3.8, 4) is 0 Å². The van der Waals surface area contributed by atoms with E-state index >= 15 is 0 Å². The number of carbonyl (C=O) groups excluding carboxylic acids is 2. The number of rotatable bonds is 4. The largest absolute Gasteiger partial charge is 0.312 e. The van der Waals surface area contributed by atoms with E-state index in [1.54, 1.807) is 0 Å². The molecule has 1 N–H and O–H groups in total. The second kappa shape index (κ2) is 7.99. The number of aryl methyl sites for hydroxylation is 2. The van der Waals surface area contributed by atoms with Gasteiger partial charge in [-0.1, -0.05) is 36.7 Å². The molecule has 7 heteroatoms. The van der Waals surface area contributed by atoms with Crippen molar-refractivity contribution in [3.05, 3.63) is 34.3 Å². The summed E-state index contributed by atoms with van der Waals surface area (Å²) in [5.74, 6) is 0.278. The minimum Gasteiger partial charge on any atom is -0.312 e. The van der Waals surface area contributed by atoms with Gasteiger partial charge in [0.15, 0.2) is 0 Å². The third-order valence-electron chi connectivity index (χ3n) is 5.64. The van der Waals surface area contributed by atoms with Crippen molar-refractivity contribution in [1.82, 2.24) is 10.2 Å². The highest BCUT2D eigenvalue weighted by molar-refractivity contribution is 7.15. The van der Waals surface area contributed by atoms with Crippen molar-refractivity contribution in [2.75, 3.05) is 16.8 Å². The topological polar surface area (TPSA) is 75.2 Å². The molecule has 1 saturated carbocycles. The van der Waals surface area contributed by atoms with E-state index in [2.05, 4.69) is 21.6 Å². The summed E-state index contributed by atoms with van der Waals surface area (Å²) in [6.45, 7) is 4.69. The Kier molecular flexibility index (Phi) is 5.44. The van der Waals surface area contributed by atoms with E-state index < -0.39 is 0 Å². The fourth-order valence-electron chi connectivity index (χ4n) is 4.25. The minimum absolute atomic E-state index is 0.0196. The number of carbonyl (C=O) groups is 2. The second-order valence-electron chi connectivity index (χ2n) is 8.02.